The van der Waals surface area contributed by atoms with Gasteiger partial charge in [-0.05, 0) is 17.7 Å². The SMILES string of the molecule is CC(C)(C)c1nc(Cl)nc2c(F)cccc12. The van der Waals surface area contributed by atoms with Gasteiger partial charge in [0.25, 0.3) is 0 Å². The molecule has 0 aliphatic rings. The maximum absolute atomic E-state index is 13.6. The molecule has 0 saturated carbocycles. The zero-order valence-electron chi connectivity index (χ0n) is 9.38. The van der Waals surface area contributed by atoms with Gasteiger partial charge >= 0.3 is 0 Å². The van der Waals surface area contributed by atoms with E-state index in [1.165, 1.54) is 6.07 Å². The maximum Gasteiger partial charge on any atom is 0.223 e. The summed E-state index contributed by atoms with van der Waals surface area (Å²) >= 11 is 5.81. The van der Waals surface area contributed by atoms with Crippen LogP contribution in [0, 0.1) is 5.82 Å². The summed E-state index contributed by atoms with van der Waals surface area (Å²) < 4.78 is 13.6. The van der Waals surface area contributed by atoms with E-state index in [-0.39, 0.29) is 22.0 Å². The second kappa shape index (κ2) is 3.67. The summed E-state index contributed by atoms with van der Waals surface area (Å²) in [6.07, 6.45) is 0. The molecule has 2 nitrogen and oxygen atoms in total. The van der Waals surface area contributed by atoms with Gasteiger partial charge in [-0.3, -0.25) is 0 Å². The van der Waals surface area contributed by atoms with Crippen molar-refractivity contribution in [3.8, 4) is 0 Å². The van der Waals surface area contributed by atoms with Gasteiger partial charge in [0.2, 0.25) is 5.28 Å². The Morgan fingerprint density at radius 1 is 1.19 bits per heavy atom. The number of rotatable bonds is 0. The van der Waals surface area contributed by atoms with E-state index >= 15 is 0 Å². The van der Waals surface area contributed by atoms with E-state index in [4.69, 9.17) is 11.6 Å². The first kappa shape index (κ1) is 11.3. The van der Waals surface area contributed by atoms with E-state index < -0.39 is 0 Å². The fourth-order valence-electron chi connectivity index (χ4n) is 1.66. The predicted molar refractivity (Wildman–Crippen MR) is 63.2 cm³/mol. The number of fused-ring (bicyclic) bond motifs is 1. The molecular formula is C12H12ClFN2. The van der Waals surface area contributed by atoms with Crippen molar-refractivity contribution < 1.29 is 4.39 Å². The minimum absolute atomic E-state index is 0.0857. The first-order valence-corrected chi connectivity index (χ1v) is 5.39. The average molecular weight is 239 g/mol. The van der Waals surface area contributed by atoms with Gasteiger partial charge < -0.3 is 0 Å². The number of para-hydroxylation sites is 1. The molecule has 0 bridgehead atoms. The second-order valence-corrected chi connectivity index (χ2v) is 5.07. The van der Waals surface area contributed by atoms with Crippen LogP contribution in [0.4, 0.5) is 4.39 Å². The Labute approximate surface area is 98.5 Å². The molecule has 2 rings (SSSR count). The number of aromatic nitrogens is 2. The van der Waals surface area contributed by atoms with E-state index in [0.29, 0.717) is 0 Å². The Bertz CT molecular complexity index is 546. The number of hydrogen-bond donors (Lipinski definition) is 0. The fraction of sp³-hybridized carbons (Fsp3) is 0.333. The minimum atomic E-state index is -0.368. The summed E-state index contributed by atoms with van der Waals surface area (Å²) in [5, 5.41) is 0.805. The molecule has 84 valence electrons. The van der Waals surface area contributed by atoms with E-state index in [2.05, 4.69) is 9.97 Å². The van der Waals surface area contributed by atoms with E-state index in [1.807, 2.05) is 26.8 Å². The molecule has 0 radical (unpaired) electrons. The third-order valence-corrected chi connectivity index (χ3v) is 2.53. The normalized spacial score (nSPS) is 12.1. The average Bonchev–Trinajstić information content (AvgIpc) is 2.17. The molecule has 0 spiro atoms. The molecule has 0 aliphatic heterocycles. The second-order valence-electron chi connectivity index (χ2n) is 4.73. The highest BCUT2D eigenvalue weighted by Gasteiger charge is 2.21. The lowest BCUT2D eigenvalue weighted by Gasteiger charge is -2.19. The molecule has 0 unspecified atom stereocenters. The summed E-state index contributed by atoms with van der Waals surface area (Å²) in [7, 11) is 0. The number of nitrogens with zero attached hydrogens (tertiary/aromatic N) is 2. The third-order valence-electron chi connectivity index (χ3n) is 2.36. The lowest BCUT2D eigenvalue weighted by molar-refractivity contribution is 0.573. The van der Waals surface area contributed by atoms with Crippen molar-refractivity contribution in [2.24, 2.45) is 0 Å². The van der Waals surface area contributed by atoms with Gasteiger partial charge in [-0.2, -0.15) is 0 Å². The molecule has 16 heavy (non-hydrogen) atoms. The molecule has 1 heterocycles. The summed E-state index contributed by atoms with van der Waals surface area (Å²) in [6, 6.07) is 4.84. The zero-order valence-corrected chi connectivity index (χ0v) is 10.1. The molecule has 0 amide bonds. The Kier molecular flexibility index (Phi) is 2.58. The number of benzene rings is 1. The van der Waals surface area contributed by atoms with Crippen LogP contribution in [0.2, 0.25) is 5.28 Å². The van der Waals surface area contributed by atoms with Crippen LogP contribution in [-0.2, 0) is 5.41 Å². The Morgan fingerprint density at radius 2 is 1.88 bits per heavy atom. The van der Waals surface area contributed by atoms with E-state index in [0.717, 1.165) is 11.1 Å². The molecule has 0 aliphatic carbocycles. The van der Waals surface area contributed by atoms with Gasteiger partial charge in [0.1, 0.15) is 11.3 Å². The van der Waals surface area contributed by atoms with Gasteiger partial charge in [-0.15, -0.1) is 0 Å². The monoisotopic (exact) mass is 238 g/mol. The Hall–Kier alpha value is -1.22. The van der Waals surface area contributed by atoms with Crippen LogP contribution in [0.1, 0.15) is 26.5 Å². The van der Waals surface area contributed by atoms with Crippen LogP contribution >= 0.6 is 11.6 Å². The molecule has 0 saturated heterocycles. The van der Waals surface area contributed by atoms with Crippen LogP contribution in [0.25, 0.3) is 10.9 Å². The van der Waals surface area contributed by atoms with Crippen molar-refractivity contribution in [3.05, 3.63) is 35.0 Å². The van der Waals surface area contributed by atoms with Crippen molar-refractivity contribution in [3.63, 3.8) is 0 Å². The Balaban J connectivity index is 2.89. The van der Waals surface area contributed by atoms with Gasteiger partial charge in [0.05, 0.1) is 5.69 Å². The van der Waals surface area contributed by atoms with Crippen molar-refractivity contribution in [1.82, 2.24) is 9.97 Å². The van der Waals surface area contributed by atoms with Crippen molar-refractivity contribution >= 4 is 22.5 Å². The predicted octanol–water partition coefficient (Wildman–Crippen LogP) is 3.72. The highest BCUT2D eigenvalue weighted by Crippen LogP contribution is 2.29. The number of hydrogen-bond acceptors (Lipinski definition) is 2. The van der Waals surface area contributed by atoms with E-state index in [9.17, 15) is 4.39 Å². The summed E-state index contributed by atoms with van der Waals surface area (Å²) in [6.45, 7) is 6.03. The lowest BCUT2D eigenvalue weighted by atomic mass is 9.89. The highest BCUT2D eigenvalue weighted by molar-refractivity contribution is 6.28. The van der Waals surface area contributed by atoms with Gasteiger partial charge in [0, 0.05) is 10.8 Å². The van der Waals surface area contributed by atoms with Crippen LogP contribution in [-0.4, -0.2) is 9.97 Å². The highest BCUT2D eigenvalue weighted by atomic mass is 35.5. The minimum Gasteiger partial charge on any atom is -0.222 e. The summed E-state index contributed by atoms with van der Waals surface area (Å²) in [4.78, 5) is 8.13. The van der Waals surface area contributed by atoms with Crippen LogP contribution < -0.4 is 0 Å². The van der Waals surface area contributed by atoms with Crippen LogP contribution in [0.3, 0.4) is 0 Å². The van der Waals surface area contributed by atoms with Gasteiger partial charge in [0.15, 0.2) is 0 Å². The van der Waals surface area contributed by atoms with E-state index in [1.54, 1.807) is 6.07 Å². The van der Waals surface area contributed by atoms with Crippen molar-refractivity contribution in [2.45, 2.75) is 26.2 Å². The molecule has 0 N–H and O–H groups in total. The molecule has 4 heteroatoms. The fourth-order valence-corrected chi connectivity index (χ4v) is 1.83. The first-order chi connectivity index (χ1) is 7.39. The van der Waals surface area contributed by atoms with Crippen LogP contribution in [0.5, 0.6) is 0 Å². The summed E-state index contributed by atoms with van der Waals surface area (Å²) in [5.41, 5.74) is 0.855. The Morgan fingerprint density at radius 3 is 2.50 bits per heavy atom. The molecule has 0 atom stereocenters. The molecule has 1 aromatic carbocycles. The number of halogens is 2. The maximum atomic E-state index is 13.6. The molecular weight excluding hydrogens is 227 g/mol. The van der Waals surface area contributed by atoms with Gasteiger partial charge in [-0.25, -0.2) is 14.4 Å². The van der Waals surface area contributed by atoms with Gasteiger partial charge in [-0.1, -0.05) is 32.9 Å². The molecule has 2 aromatic rings. The third kappa shape index (κ3) is 1.87. The molecule has 1 aromatic heterocycles. The van der Waals surface area contributed by atoms with Crippen molar-refractivity contribution in [1.29, 1.82) is 0 Å². The largest absolute Gasteiger partial charge is 0.223 e. The molecule has 0 fully saturated rings. The smallest absolute Gasteiger partial charge is 0.222 e. The topological polar surface area (TPSA) is 25.8 Å². The summed E-state index contributed by atoms with van der Waals surface area (Å²) in [5.74, 6) is -0.368. The van der Waals surface area contributed by atoms with Crippen LogP contribution in [0.15, 0.2) is 18.2 Å². The van der Waals surface area contributed by atoms with Crippen molar-refractivity contribution in [2.75, 3.05) is 0 Å². The standard InChI is InChI=1S/C12H12ClFN2/c1-12(2,3)10-7-5-4-6-8(14)9(7)15-11(13)16-10/h4-6H,1-3H3. The lowest BCUT2D eigenvalue weighted by Crippen LogP contribution is -2.15. The quantitative estimate of drug-likeness (QED) is 0.654. The zero-order chi connectivity index (χ0) is 11.9. The first-order valence-electron chi connectivity index (χ1n) is 5.02.